The van der Waals surface area contributed by atoms with Gasteiger partial charge in [0.1, 0.15) is 11.8 Å². The molecule has 0 spiro atoms. The van der Waals surface area contributed by atoms with Crippen molar-refractivity contribution in [3.63, 3.8) is 0 Å². The Bertz CT molecular complexity index is 367. The van der Waals surface area contributed by atoms with E-state index in [9.17, 15) is 0 Å². The van der Waals surface area contributed by atoms with Crippen LogP contribution < -0.4 is 10.5 Å². The lowest BCUT2D eigenvalue weighted by molar-refractivity contribution is 0.181. The third-order valence-electron chi connectivity index (χ3n) is 2.95. The molecular formula is C12H18ClN3O. The number of nitrogens with zero attached hydrogens (tertiary/aromatic N) is 2. The van der Waals surface area contributed by atoms with Gasteiger partial charge in [0.2, 0.25) is 5.88 Å². The minimum absolute atomic E-state index is 0.409. The molecule has 4 nitrogen and oxygen atoms in total. The predicted octanol–water partition coefficient (Wildman–Crippen LogP) is 2.18. The third kappa shape index (κ3) is 3.75. The molecule has 1 aromatic heterocycles. The monoisotopic (exact) mass is 255 g/mol. The van der Waals surface area contributed by atoms with Gasteiger partial charge in [-0.15, -0.1) is 0 Å². The number of rotatable bonds is 4. The van der Waals surface area contributed by atoms with Gasteiger partial charge in [-0.3, -0.25) is 4.90 Å². The normalized spacial score (nSPS) is 17.0. The number of anilines is 1. The van der Waals surface area contributed by atoms with E-state index < -0.39 is 0 Å². The topological polar surface area (TPSA) is 51.4 Å². The molecule has 0 atom stereocenters. The lowest BCUT2D eigenvalue weighted by atomic mass is 10.1. The minimum Gasteiger partial charge on any atom is -0.475 e. The van der Waals surface area contributed by atoms with Gasteiger partial charge in [0.15, 0.2) is 0 Å². The Morgan fingerprint density at radius 3 is 2.82 bits per heavy atom. The predicted molar refractivity (Wildman–Crippen MR) is 69.4 cm³/mol. The fraction of sp³-hybridized carbons (Fsp3) is 0.583. The van der Waals surface area contributed by atoms with Gasteiger partial charge in [0, 0.05) is 6.54 Å². The first kappa shape index (κ1) is 12.5. The fourth-order valence-corrected chi connectivity index (χ4v) is 2.14. The summed E-state index contributed by atoms with van der Waals surface area (Å²) in [6.07, 6.45) is 3.93. The largest absolute Gasteiger partial charge is 0.475 e. The van der Waals surface area contributed by atoms with Crippen LogP contribution in [0.2, 0.25) is 5.15 Å². The maximum atomic E-state index is 5.79. The van der Waals surface area contributed by atoms with E-state index in [4.69, 9.17) is 22.1 Å². The average molecular weight is 256 g/mol. The first-order chi connectivity index (χ1) is 8.25. The zero-order chi connectivity index (χ0) is 12.1. The van der Waals surface area contributed by atoms with Gasteiger partial charge in [0.25, 0.3) is 0 Å². The van der Waals surface area contributed by atoms with Crippen LogP contribution in [0.1, 0.15) is 19.3 Å². The molecule has 1 aliphatic heterocycles. The summed E-state index contributed by atoms with van der Waals surface area (Å²) in [4.78, 5) is 6.46. The highest BCUT2D eigenvalue weighted by molar-refractivity contribution is 6.29. The molecule has 94 valence electrons. The van der Waals surface area contributed by atoms with E-state index >= 15 is 0 Å². The highest BCUT2D eigenvalue weighted by Crippen LogP contribution is 2.20. The molecule has 0 saturated carbocycles. The molecule has 2 heterocycles. The number of nitrogens with two attached hydrogens (primary N) is 1. The van der Waals surface area contributed by atoms with Crippen molar-refractivity contribution < 1.29 is 4.74 Å². The minimum atomic E-state index is 0.409. The zero-order valence-electron chi connectivity index (χ0n) is 9.86. The lowest BCUT2D eigenvalue weighted by Gasteiger charge is -2.26. The van der Waals surface area contributed by atoms with Crippen LogP contribution in [0.3, 0.4) is 0 Å². The molecular weight excluding hydrogens is 238 g/mol. The van der Waals surface area contributed by atoms with E-state index in [0.29, 0.717) is 23.3 Å². The summed E-state index contributed by atoms with van der Waals surface area (Å²) < 4.78 is 5.56. The van der Waals surface area contributed by atoms with Crippen LogP contribution in [0.15, 0.2) is 12.1 Å². The molecule has 2 N–H and O–H groups in total. The molecule has 1 aromatic rings. The third-order valence-corrected chi connectivity index (χ3v) is 3.16. The van der Waals surface area contributed by atoms with Crippen molar-refractivity contribution in [3.8, 4) is 5.88 Å². The van der Waals surface area contributed by atoms with E-state index in [2.05, 4.69) is 9.88 Å². The van der Waals surface area contributed by atoms with Crippen LogP contribution in [0.5, 0.6) is 5.88 Å². The van der Waals surface area contributed by atoms with Crippen LogP contribution in [0.25, 0.3) is 0 Å². The van der Waals surface area contributed by atoms with Crippen LogP contribution in [0.4, 0.5) is 5.69 Å². The summed E-state index contributed by atoms with van der Waals surface area (Å²) in [5.74, 6) is 0.439. The second kappa shape index (κ2) is 6.07. The molecule has 0 radical (unpaired) electrons. The Labute approximate surface area is 107 Å². The smallest absolute Gasteiger partial charge is 0.238 e. The standard InChI is InChI=1S/C12H18ClN3O/c13-11-5-4-10(14)12(15-11)17-9-8-16-6-2-1-3-7-16/h4-5H,1-3,6-9,14H2. The summed E-state index contributed by atoms with van der Waals surface area (Å²) in [6.45, 7) is 3.87. The number of hydrogen-bond acceptors (Lipinski definition) is 4. The van der Waals surface area contributed by atoms with Crippen molar-refractivity contribution >= 4 is 17.3 Å². The Balaban J connectivity index is 1.79. The molecule has 0 unspecified atom stereocenters. The van der Waals surface area contributed by atoms with E-state index in [1.54, 1.807) is 12.1 Å². The molecule has 1 saturated heterocycles. The van der Waals surface area contributed by atoms with Gasteiger partial charge in [-0.2, -0.15) is 4.98 Å². The number of ether oxygens (including phenoxy) is 1. The Hall–Kier alpha value is -1.00. The summed E-state index contributed by atoms with van der Waals surface area (Å²) in [5, 5.41) is 0.409. The summed E-state index contributed by atoms with van der Waals surface area (Å²) >= 11 is 5.79. The van der Waals surface area contributed by atoms with Crippen molar-refractivity contribution in [1.82, 2.24) is 9.88 Å². The van der Waals surface area contributed by atoms with E-state index in [-0.39, 0.29) is 0 Å². The van der Waals surface area contributed by atoms with Crippen LogP contribution in [-0.4, -0.2) is 36.1 Å². The number of nitrogen functional groups attached to an aromatic ring is 1. The lowest BCUT2D eigenvalue weighted by Crippen LogP contribution is -2.33. The molecule has 1 aliphatic rings. The van der Waals surface area contributed by atoms with Crippen LogP contribution >= 0.6 is 11.6 Å². The van der Waals surface area contributed by atoms with Gasteiger partial charge in [-0.25, -0.2) is 0 Å². The van der Waals surface area contributed by atoms with E-state index in [0.717, 1.165) is 6.54 Å². The van der Waals surface area contributed by atoms with Gasteiger partial charge < -0.3 is 10.5 Å². The average Bonchev–Trinajstić information content (AvgIpc) is 2.35. The van der Waals surface area contributed by atoms with Crippen molar-refractivity contribution in [1.29, 1.82) is 0 Å². The number of aromatic nitrogens is 1. The summed E-state index contributed by atoms with van der Waals surface area (Å²) in [7, 11) is 0. The fourth-order valence-electron chi connectivity index (χ4n) is 2.00. The number of piperidine rings is 1. The highest BCUT2D eigenvalue weighted by Gasteiger charge is 2.10. The van der Waals surface area contributed by atoms with Crippen LogP contribution in [0, 0.1) is 0 Å². The molecule has 0 bridgehead atoms. The van der Waals surface area contributed by atoms with Crippen molar-refractivity contribution in [3.05, 3.63) is 17.3 Å². The van der Waals surface area contributed by atoms with Gasteiger partial charge in [-0.1, -0.05) is 18.0 Å². The SMILES string of the molecule is Nc1ccc(Cl)nc1OCCN1CCCCC1. The Morgan fingerprint density at radius 2 is 2.06 bits per heavy atom. The molecule has 5 heteroatoms. The molecule has 2 rings (SSSR count). The molecule has 1 fully saturated rings. The summed E-state index contributed by atoms with van der Waals surface area (Å²) in [6, 6.07) is 3.37. The van der Waals surface area contributed by atoms with Gasteiger partial charge in [0.05, 0.1) is 5.69 Å². The second-order valence-corrected chi connectivity index (χ2v) is 4.67. The molecule has 17 heavy (non-hydrogen) atoms. The second-order valence-electron chi connectivity index (χ2n) is 4.28. The van der Waals surface area contributed by atoms with Crippen molar-refractivity contribution in [2.75, 3.05) is 32.0 Å². The van der Waals surface area contributed by atoms with E-state index in [1.165, 1.54) is 32.4 Å². The first-order valence-corrected chi connectivity index (χ1v) is 6.41. The number of pyridine rings is 1. The summed E-state index contributed by atoms with van der Waals surface area (Å²) in [5.41, 5.74) is 6.28. The Morgan fingerprint density at radius 1 is 1.29 bits per heavy atom. The molecule has 0 amide bonds. The van der Waals surface area contributed by atoms with Gasteiger partial charge >= 0.3 is 0 Å². The maximum absolute atomic E-state index is 5.79. The highest BCUT2D eigenvalue weighted by atomic mass is 35.5. The quantitative estimate of drug-likeness (QED) is 0.838. The Kier molecular flexibility index (Phi) is 4.45. The zero-order valence-corrected chi connectivity index (χ0v) is 10.6. The maximum Gasteiger partial charge on any atom is 0.238 e. The van der Waals surface area contributed by atoms with Crippen LogP contribution in [-0.2, 0) is 0 Å². The molecule has 0 aromatic carbocycles. The van der Waals surface area contributed by atoms with Gasteiger partial charge in [-0.05, 0) is 38.1 Å². The first-order valence-electron chi connectivity index (χ1n) is 6.03. The van der Waals surface area contributed by atoms with Crippen molar-refractivity contribution in [2.24, 2.45) is 0 Å². The van der Waals surface area contributed by atoms with Crippen molar-refractivity contribution in [2.45, 2.75) is 19.3 Å². The number of likely N-dealkylation sites (tertiary alicyclic amines) is 1. The molecule has 0 aliphatic carbocycles. The number of halogens is 1. The number of hydrogen-bond donors (Lipinski definition) is 1. The van der Waals surface area contributed by atoms with E-state index in [1.807, 2.05) is 0 Å².